The van der Waals surface area contributed by atoms with Gasteiger partial charge in [0.2, 0.25) is 0 Å². The van der Waals surface area contributed by atoms with Crippen molar-refractivity contribution in [2.75, 3.05) is 39.8 Å². The van der Waals surface area contributed by atoms with Gasteiger partial charge in [-0.25, -0.2) is 0 Å². The minimum Gasteiger partial charge on any atom is -0.493 e. The number of hydrogen-bond acceptors (Lipinski definition) is 4. The highest BCUT2D eigenvalue weighted by molar-refractivity contribution is 6.01. The third-order valence-electron chi connectivity index (χ3n) is 5.24. The molecule has 1 fully saturated rings. The van der Waals surface area contributed by atoms with Crippen molar-refractivity contribution in [3.63, 3.8) is 0 Å². The Morgan fingerprint density at radius 3 is 2.64 bits per heavy atom. The van der Waals surface area contributed by atoms with Crippen LogP contribution in [0.5, 0.6) is 5.75 Å². The first kappa shape index (κ1) is 18.4. The van der Waals surface area contributed by atoms with E-state index in [-0.39, 0.29) is 5.91 Å². The number of benzene rings is 2. The summed E-state index contributed by atoms with van der Waals surface area (Å²) in [5.74, 6) is 0.854. The van der Waals surface area contributed by atoms with Crippen LogP contribution in [0.25, 0.3) is 22.0 Å². The second-order valence-corrected chi connectivity index (χ2v) is 7.12. The van der Waals surface area contributed by atoms with Crippen molar-refractivity contribution in [2.45, 2.75) is 6.92 Å². The minimum atomic E-state index is 0.0648. The van der Waals surface area contributed by atoms with E-state index in [1.54, 1.807) is 12.3 Å². The molecule has 1 aromatic heterocycles. The van der Waals surface area contributed by atoms with E-state index in [2.05, 4.69) is 35.1 Å². The number of amides is 1. The van der Waals surface area contributed by atoms with Crippen LogP contribution >= 0.6 is 0 Å². The molecule has 3 aromatic rings. The van der Waals surface area contributed by atoms with Crippen LogP contribution in [0.3, 0.4) is 0 Å². The van der Waals surface area contributed by atoms with Gasteiger partial charge in [0.05, 0.1) is 17.9 Å². The minimum absolute atomic E-state index is 0.0648. The predicted molar refractivity (Wildman–Crippen MR) is 112 cm³/mol. The zero-order chi connectivity index (χ0) is 19.5. The van der Waals surface area contributed by atoms with Crippen molar-refractivity contribution < 1.29 is 9.53 Å². The van der Waals surface area contributed by atoms with Crippen LogP contribution in [0.2, 0.25) is 0 Å². The number of carbonyl (C=O) groups is 1. The lowest BCUT2D eigenvalue weighted by Gasteiger charge is -2.32. The van der Waals surface area contributed by atoms with Crippen LogP contribution < -0.4 is 4.74 Å². The number of ether oxygens (including phenoxy) is 1. The highest BCUT2D eigenvalue weighted by Crippen LogP contribution is 2.36. The summed E-state index contributed by atoms with van der Waals surface area (Å²) in [7, 11) is 2.09. The first-order valence-corrected chi connectivity index (χ1v) is 9.76. The lowest BCUT2D eigenvalue weighted by atomic mass is 9.99. The molecule has 28 heavy (non-hydrogen) atoms. The summed E-state index contributed by atoms with van der Waals surface area (Å²) in [6.45, 7) is 5.87. The summed E-state index contributed by atoms with van der Waals surface area (Å²) >= 11 is 0. The molecule has 5 heteroatoms. The summed E-state index contributed by atoms with van der Waals surface area (Å²) in [6, 6.07) is 15.9. The average molecular weight is 375 g/mol. The molecule has 0 aliphatic carbocycles. The molecule has 0 atom stereocenters. The van der Waals surface area contributed by atoms with E-state index >= 15 is 0 Å². The Kier molecular flexibility index (Phi) is 5.26. The quantitative estimate of drug-likeness (QED) is 0.698. The van der Waals surface area contributed by atoms with E-state index in [0.29, 0.717) is 12.2 Å². The van der Waals surface area contributed by atoms with E-state index in [1.165, 1.54) is 0 Å². The van der Waals surface area contributed by atoms with Gasteiger partial charge in [-0.05, 0) is 42.9 Å². The third-order valence-corrected chi connectivity index (χ3v) is 5.24. The standard InChI is InChI=1S/C23H25N3O2/c1-3-28-21-9-8-17-6-4-5-7-19(17)22(21)20-16-18(10-11-24-20)23(27)26-14-12-25(2)13-15-26/h4-11,16H,3,12-15H2,1-2H3. The molecular formula is C23H25N3O2. The number of fused-ring (bicyclic) bond motifs is 1. The molecule has 1 aliphatic heterocycles. The molecule has 2 heterocycles. The number of hydrogen-bond donors (Lipinski definition) is 0. The maximum absolute atomic E-state index is 13.0. The van der Waals surface area contributed by atoms with Gasteiger partial charge in [0.1, 0.15) is 5.75 Å². The lowest BCUT2D eigenvalue weighted by Crippen LogP contribution is -2.47. The molecule has 1 saturated heterocycles. The summed E-state index contributed by atoms with van der Waals surface area (Å²) in [5.41, 5.74) is 2.37. The van der Waals surface area contributed by atoms with E-state index < -0.39 is 0 Å². The first-order valence-electron chi connectivity index (χ1n) is 9.76. The SMILES string of the molecule is CCOc1ccc2ccccc2c1-c1cc(C(=O)N2CCN(C)CC2)ccn1. The second-order valence-electron chi connectivity index (χ2n) is 7.12. The van der Waals surface area contributed by atoms with Crippen molar-refractivity contribution in [1.82, 2.24) is 14.8 Å². The first-order chi connectivity index (χ1) is 13.7. The molecule has 4 rings (SSSR count). The second kappa shape index (κ2) is 7.98. The zero-order valence-corrected chi connectivity index (χ0v) is 16.4. The summed E-state index contributed by atoms with van der Waals surface area (Å²) in [5, 5.41) is 2.20. The van der Waals surface area contributed by atoms with E-state index in [0.717, 1.165) is 54.0 Å². The number of rotatable bonds is 4. The third kappa shape index (κ3) is 3.58. The maximum Gasteiger partial charge on any atom is 0.254 e. The molecule has 2 aromatic carbocycles. The summed E-state index contributed by atoms with van der Waals surface area (Å²) in [4.78, 5) is 21.8. The summed E-state index contributed by atoms with van der Waals surface area (Å²) in [6.07, 6.45) is 1.72. The molecule has 0 N–H and O–H groups in total. The topological polar surface area (TPSA) is 45.7 Å². The van der Waals surface area contributed by atoms with Crippen molar-refractivity contribution >= 4 is 16.7 Å². The molecule has 0 radical (unpaired) electrons. The highest BCUT2D eigenvalue weighted by atomic mass is 16.5. The molecule has 1 amide bonds. The smallest absolute Gasteiger partial charge is 0.254 e. The van der Waals surface area contributed by atoms with Gasteiger partial charge in [0, 0.05) is 37.9 Å². The normalized spacial score (nSPS) is 15.0. The van der Waals surface area contributed by atoms with Gasteiger partial charge in [-0.15, -0.1) is 0 Å². The highest BCUT2D eigenvalue weighted by Gasteiger charge is 2.21. The maximum atomic E-state index is 13.0. The Morgan fingerprint density at radius 2 is 1.86 bits per heavy atom. The Morgan fingerprint density at radius 1 is 1.07 bits per heavy atom. The van der Waals surface area contributed by atoms with Crippen LogP contribution in [0.4, 0.5) is 0 Å². The fourth-order valence-electron chi connectivity index (χ4n) is 3.68. The van der Waals surface area contributed by atoms with E-state index in [9.17, 15) is 4.79 Å². The monoisotopic (exact) mass is 375 g/mol. The fourth-order valence-corrected chi connectivity index (χ4v) is 3.68. The van der Waals surface area contributed by atoms with Gasteiger partial charge in [-0.1, -0.05) is 30.3 Å². The Labute approximate surface area is 165 Å². The molecule has 5 nitrogen and oxygen atoms in total. The molecular weight excluding hydrogens is 350 g/mol. The van der Waals surface area contributed by atoms with Gasteiger partial charge in [0.15, 0.2) is 0 Å². The summed E-state index contributed by atoms with van der Waals surface area (Å²) < 4.78 is 5.89. The largest absolute Gasteiger partial charge is 0.493 e. The van der Waals surface area contributed by atoms with Crippen LogP contribution in [0.1, 0.15) is 17.3 Å². The van der Waals surface area contributed by atoms with Crippen LogP contribution in [0, 0.1) is 0 Å². The molecule has 0 spiro atoms. The van der Waals surface area contributed by atoms with Gasteiger partial charge >= 0.3 is 0 Å². The number of likely N-dealkylation sites (N-methyl/N-ethyl adjacent to an activating group) is 1. The van der Waals surface area contributed by atoms with Gasteiger partial charge in [-0.3, -0.25) is 9.78 Å². The van der Waals surface area contributed by atoms with Crippen LogP contribution in [-0.2, 0) is 0 Å². The Hall–Kier alpha value is -2.92. The number of piperazine rings is 1. The zero-order valence-electron chi connectivity index (χ0n) is 16.4. The van der Waals surface area contributed by atoms with Gasteiger partial charge in [-0.2, -0.15) is 0 Å². The number of carbonyl (C=O) groups excluding carboxylic acids is 1. The van der Waals surface area contributed by atoms with Gasteiger partial charge < -0.3 is 14.5 Å². The predicted octanol–water partition coefficient (Wildman–Crippen LogP) is 3.69. The Bertz CT molecular complexity index is 994. The lowest BCUT2D eigenvalue weighted by molar-refractivity contribution is 0.0664. The van der Waals surface area contributed by atoms with Crippen LogP contribution in [-0.4, -0.2) is 60.5 Å². The van der Waals surface area contributed by atoms with Crippen molar-refractivity contribution in [3.8, 4) is 17.0 Å². The number of nitrogens with zero attached hydrogens (tertiary/aromatic N) is 3. The number of pyridine rings is 1. The fraction of sp³-hybridized carbons (Fsp3) is 0.304. The number of aromatic nitrogens is 1. The van der Waals surface area contributed by atoms with Crippen molar-refractivity contribution in [2.24, 2.45) is 0 Å². The molecule has 0 bridgehead atoms. The Balaban J connectivity index is 1.75. The molecule has 144 valence electrons. The van der Waals surface area contributed by atoms with E-state index in [1.807, 2.05) is 36.1 Å². The van der Waals surface area contributed by atoms with Crippen molar-refractivity contribution in [1.29, 1.82) is 0 Å². The molecule has 0 saturated carbocycles. The average Bonchev–Trinajstić information content (AvgIpc) is 2.74. The van der Waals surface area contributed by atoms with Crippen molar-refractivity contribution in [3.05, 3.63) is 60.3 Å². The molecule has 0 unspecified atom stereocenters. The van der Waals surface area contributed by atoms with Crippen LogP contribution in [0.15, 0.2) is 54.7 Å². The van der Waals surface area contributed by atoms with E-state index in [4.69, 9.17) is 4.74 Å². The molecule has 1 aliphatic rings. The van der Waals surface area contributed by atoms with Gasteiger partial charge in [0.25, 0.3) is 5.91 Å².